The van der Waals surface area contributed by atoms with Gasteiger partial charge in [0.2, 0.25) is 0 Å². The summed E-state index contributed by atoms with van der Waals surface area (Å²) in [5, 5.41) is 4.27. The molecule has 1 unspecified atom stereocenters. The van der Waals surface area contributed by atoms with Gasteiger partial charge in [0.25, 0.3) is 0 Å². The van der Waals surface area contributed by atoms with Gasteiger partial charge in [0.15, 0.2) is 0 Å². The number of nitrogens with one attached hydrogen (secondary N) is 1. The molecule has 0 saturated carbocycles. The molecule has 0 aliphatic rings. The number of aromatic nitrogens is 1. The van der Waals surface area contributed by atoms with Gasteiger partial charge < -0.3 is 5.32 Å². The van der Waals surface area contributed by atoms with Crippen LogP contribution < -0.4 is 5.32 Å². The van der Waals surface area contributed by atoms with Crippen molar-refractivity contribution >= 4 is 11.6 Å². The van der Waals surface area contributed by atoms with Crippen molar-refractivity contribution in [2.45, 2.75) is 19.5 Å². The van der Waals surface area contributed by atoms with Crippen LogP contribution in [0.2, 0.25) is 5.02 Å². The fourth-order valence-corrected chi connectivity index (χ4v) is 2.53. The van der Waals surface area contributed by atoms with Crippen LogP contribution >= 0.6 is 11.6 Å². The van der Waals surface area contributed by atoms with Crippen LogP contribution in [-0.4, -0.2) is 30.0 Å². The monoisotopic (exact) mass is 303 g/mol. The number of benzene rings is 1. The minimum atomic E-state index is 0.305. The van der Waals surface area contributed by atoms with Crippen LogP contribution in [0.3, 0.4) is 0 Å². The largest absolute Gasteiger partial charge is 0.311 e. The van der Waals surface area contributed by atoms with E-state index in [-0.39, 0.29) is 0 Å². The zero-order valence-electron chi connectivity index (χ0n) is 12.6. The van der Waals surface area contributed by atoms with Gasteiger partial charge in [-0.05, 0) is 37.2 Å². The van der Waals surface area contributed by atoms with Crippen LogP contribution in [0.15, 0.2) is 48.8 Å². The number of hydrogen-bond acceptors (Lipinski definition) is 3. The molecule has 2 rings (SSSR count). The molecule has 0 fully saturated rings. The van der Waals surface area contributed by atoms with E-state index in [0.717, 1.165) is 24.7 Å². The summed E-state index contributed by atoms with van der Waals surface area (Å²) < 4.78 is 0. The first kappa shape index (κ1) is 16.0. The fourth-order valence-electron chi connectivity index (χ4n) is 2.24. The van der Waals surface area contributed by atoms with E-state index in [1.165, 1.54) is 11.1 Å². The number of rotatable bonds is 7. The molecule has 0 bridgehead atoms. The summed E-state index contributed by atoms with van der Waals surface area (Å²) >= 11 is 6.26. The van der Waals surface area contributed by atoms with Gasteiger partial charge in [-0.1, -0.05) is 35.9 Å². The molecule has 1 heterocycles. The molecule has 1 aromatic carbocycles. The molecule has 4 heteroatoms. The highest BCUT2D eigenvalue weighted by Gasteiger charge is 2.13. The first-order valence-corrected chi connectivity index (χ1v) is 7.60. The van der Waals surface area contributed by atoms with Crippen molar-refractivity contribution < 1.29 is 0 Å². The second-order valence-corrected chi connectivity index (χ2v) is 5.62. The van der Waals surface area contributed by atoms with E-state index < -0.39 is 0 Å². The van der Waals surface area contributed by atoms with E-state index in [1.807, 2.05) is 30.5 Å². The molecule has 0 aliphatic carbocycles. The summed E-state index contributed by atoms with van der Waals surface area (Å²) in [5.41, 5.74) is 2.38. The summed E-state index contributed by atoms with van der Waals surface area (Å²) in [7, 11) is 2.12. The second kappa shape index (κ2) is 8.13. The number of halogens is 1. The topological polar surface area (TPSA) is 28.2 Å². The van der Waals surface area contributed by atoms with E-state index in [4.69, 9.17) is 11.6 Å². The Kier molecular flexibility index (Phi) is 6.18. The van der Waals surface area contributed by atoms with Crippen LogP contribution in [0, 0.1) is 0 Å². The van der Waals surface area contributed by atoms with Crippen molar-refractivity contribution in [1.29, 1.82) is 0 Å². The molecular weight excluding hydrogens is 282 g/mol. The molecule has 1 aromatic heterocycles. The van der Waals surface area contributed by atoms with Crippen molar-refractivity contribution in [1.82, 2.24) is 15.2 Å². The quantitative estimate of drug-likeness (QED) is 0.793. The summed E-state index contributed by atoms with van der Waals surface area (Å²) in [4.78, 5) is 6.41. The fraction of sp³-hybridized carbons (Fsp3) is 0.353. The van der Waals surface area contributed by atoms with Gasteiger partial charge in [-0.25, -0.2) is 0 Å². The maximum Gasteiger partial charge on any atom is 0.0453 e. The number of hydrogen-bond donors (Lipinski definition) is 1. The van der Waals surface area contributed by atoms with E-state index in [0.29, 0.717) is 6.04 Å². The normalized spacial score (nSPS) is 12.6. The summed E-state index contributed by atoms with van der Waals surface area (Å²) in [6.45, 7) is 4.93. The van der Waals surface area contributed by atoms with Gasteiger partial charge >= 0.3 is 0 Å². The Hall–Kier alpha value is -1.42. The number of nitrogens with zero attached hydrogens (tertiary/aromatic N) is 2. The highest BCUT2D eigenvalue weighted by Crippen LogP contribution is 2.25. The standard InChI is InChI=1S/C17H22ClN3/c1-14(16-7-3-4-8-17(16)18)21(2)11-10-20-13-15-6-5-9-19-12-15/h3-9,12,14,20H,10-11,13H2,1-2H3. The SMILES string of the molecule is CC(c1ccccc1Cl)N(C)CCNCc1cccnc1. The van der Waals surface area contributed by atoms with Gasteiger partial charge in [-0.2, -0.15) is 0 Å². The lowest BCUT2D eigenvalue weighted by Gasteiger charge is -2.26. The highest BCUT2D eigenvalue weighted by molar-refractivity contribution is 6.31. The molecule has 21 heavy (non-hydrogen) atoms. The smallest absolute Gasteiger partial charge is 0.0453 e. The predicted molar refractivity (Wildman–Crippen MR) is 88.4 cm³/mol. The van der Waals surface area contributed by atoms with Crippen LogP contribution in [0.1, 0.15) is 24.1 Å². The molecule has 0 aliphatic heterocycles. The summed E-state index contributed by atoms with van der Waals surface area (Å²) in [6.07, 6.45) is 3.69. The number of likely N-dealkylation sites (N-methyl/N-ethyl adjacent to an activating group) is 1. The maximum atomic E-state index is 6.26. The molecule has 112 valence electrons. The second-order valence-electron chi connectivity index (χ2n) is 5.22. The third kappa shape index (κ3) is 4.81. The van der Waals surface area contributed by atoms with Crippen LogP contribution in [0.25, 0.3) is 0 Å². The molecular formula is C17H22ClN3. The molecule has 0 saturated heterocycles. The van der Waals surface area contributed by atoms with Gasteiger partial charge in [-0.15, -0.1) is 0 Å². The third-order valence-electron chi connectivity index (χ3n) is 3.71. The van der Waals surface area contributed by atoms with Crippen molar-refractivity contribution in [3.63, 3.8) is 0 Å². The summed E-state index contributed by atoms with van der Waals surface area (Å²) in [6, 6.07) is 12.4. The molecule has 2 aromatic rings. The Balaban J connectivity index is 1.77. The van der Waals surface area contributed by atoms with Crippen molar-refractivity contribution in [3.05, 3.63) is 64.9 Å². The first-order chi connectivity index (χ1) is 10.2. The van der Waals surface area contributed by atoms with Crippen LogP contribution in [0.5, 0.6) is 0 Å². The van der Waals surface area contributed by atoms with Crippen molar-refractivity contribution in [2.24, 2.45) is 0 Å². The predicted octanol–water partition coefficient (Wildman–Crippen LogP) is 3.52. The summed E-state index contributed by atoms with van der Waals surface area (Å²) in [5.74, 6) is 0. The van der Waals surface area contributed by atoms with E-state index in [1.54, 1.807) is 6.20 Å². The molecule has 0 spiro atoms. The van der Waals surface area contributed by atoms with Gasteiger partial charge in [-0.3, -0.25) is 9.88 Å². The van der Waals surface area contributed by atoms with E-state index in [9.17, 15) is 0 Å². The lowest BCUT2D eigenvalue weighted by Crippen LogP contribution is -2.31. The molecule has 1 N–H and O–H groups in total. The lowest BCUT2D eigenvalue weighted by atomic mass is 10.1. The van der Waals surface area contributed by atoms with Crippen LogP contribution in [-0.2, 0) is 6.54 Å². The first-order valence-electron chi connectivity index (χ1n) is 7.23. The van der Waals surface area contributed by atoms with Gasteiger partial charge in [0.1, 0.15) is 0 Å². The van der Waals surface area contributed by atoms with E-state index >= 15 is 0 Å². The minimum Gasteiger partial charge on any atom is -0.311 e. The molecule has 3 nitrogen and oxygen atoms in total. The van der Waals surface area contributed by atoms with Gasteiger partial charge in [0.05, 0.1) is 0 Å². The third-order valence-corrected chi connectivity index (χ3v) is 4.05. The average Bonchev–Trinajstić information content (AvgIpc) is 2.52. The number of pyridine rings is 1. The van der Waals surface area contributed by atoms with Crippen LogP contribution in [0.4, 0.5) is 0 Å². The Morgan fingerprint density at radius 2 is 2.05 bits per heavy atom. The lowest BCUT2D eigenvalue weighted by molar-refractivity contribution is 0.261. The minimum absolute atomic E-state index is 0.305. The van der Waals surface area contributed by atoms with Gasteiger partial charge in [0, 0.05) is 43.1 Å². The highest BCUT2D eigenvalue weighted by atomic mass is 35.5. The Labute approximate surface area is 132 Å². The van der Waals surface area contributed by atoms with Crippen molar-refractivity contribution in [3.8, 4) is 0 Å². The average molecular weight is 304 g/mol. The zero-order valence-corrected chi connectivity index (χ0v) is 13.3. The maximum absolute atomic E-state index is 6.26. The van der Waals surface area contributed by atoms with Crippen molar-refractivity contribution in [2.75, 3.05) is 20.1 Å². The molecule has 0 amide bonds. The Morgan fingerprint density at radius 3 is 2.76 bits per heavy atom. The Morgan fingerprint density at radius 1 is 1.24 bits per heavy atom. The van der Waals surface area contributed by atoms with E-state index in [2.05, 4.69) is 41.3 Å². The molecule has 1 atom stereocenters. The Bertz CT molecular complexity index is 545. The molecule has 0 radical (unpaired) electrons. The zero-order chi connectivity index (χ0) is 15.1.